The molecule has 13 heavy (non-hydrogen) atoms. The lowest BCUT2D eigenvalue weighted by molar-refractivity contribution is 0.416. The number of nitrogens with zero attached hydrogens (tertiary/aromatic N) is 2. The van der Waals surface area contributed by atoms with Gasteiger partial charge in [0.05, 0.1) is 5.69 Å². The first-order valence-electron chi connectivity index (χ1n) is 4.57. The summed E-state index contributed by atoms with van der Waals surface area (Å²) in [5.74, 6) is 1.44. The molecule has 0 radical (unpaired) electrons. The van der Waals surface area contributed by atoms with E-state index < -0.39 is 0 Å². The largest absolute Gasteiger partial charge is 0.319 e. The molecule has 0 spiro atoms. The van der Waals surface area contributed by atoms with Crippen molar-refractivity contribution >= 4 is 24.2 Å². The van der Waals surface area contributed by atoms with E-state index in [-0.39, 0.29) is 0 Å². The van der Waals surface area contributed by atoms with Gasteiger partial charge in [0.25, 0.3) is 0 Å². The van der Waals surface area contributed by atoms with Gasteiger partial charge in [-0.15, -0.1) is 0 Å². The zero-order chi connectivity index (χ0) is 9.42. The van der Waals surface area contributed by atoms with Crippen molar-refractivity contribution in [3.8, 4) is 0 Å². The van der Waals surface area contributed by atoms with Gasteiger partial charge < -0.3 is 4.57 Å². The molecule has 1 aliphatic heterocycles. The van der Waals surface area contributed by atoms with Gasteiger partial charge in [-0.25, -0.2) is 4.98 Å². The summed E-state index contributed by atoms with van der Waals surface area (Å²) in [5.41, 5.74) is 2.35. The zero-order valence-corrected chi connectivity index (χ0v) is 9.28. The molecule has 0 aliphatic carbocycles. The third-order valence-electron chi connectivity index (χ3n) is 2.65. The minimum absolute atomic E-state index is 0.631. The molecule has 72 valence electrons. The molecule has 0 aromatic carbocycles. The van der Waals surface area contributed by atoms with E-state index in [0.29, 0.717) is 11.0 Å². The number of aromatic nitrogens is 2. The molecule has 1 atom stereocenters. The van der Waals surface area contributed by atoms with Crippen LogP contribution < -0.4 is 0 Å². The fourth-order valence-electron chi connectivity index (χ4n) is 1.87. The molecule has 0 N–H and O–H groups in total. The van der Waals surface area contributed by atoms with Crippen LogP contribution in [0.2, 0.25) is 5.28 Å². The molecular formula is C9H13ClN2S. The Morgan fingerprint density at radius 2 is 2.46 bits per heavy atom. The highest BCUT2D eigenvalue weighted by Crippen LogP contribution is 2.27. The number of thiol groups is 1. The third-order valence-corrected chi connectivity index (χ3v) is 3.23. The van der Waals surface area contributed by atoms with E-state index in [1.165, 1.54) is 12.1 Å². The second-order valence-electron chi connectivity index (χ2n) is 3.68. The van der Waals surface area contributed by atoms with E-state index in [1.54, 1.807) is 0 Å². The van der Waals surface area contributed by atoms with Crippen molar-refractivity contribution in [2.24, 2.45) is 5.92 Å². The molecule has 0 bridgehead atoms. The van der Waals surface area contributed by atoms with Gasteiger partial charge in [-0.3, -0.25) is 0 Å². The lowest BCUT2D eigenvalue weighted by atomic mass is 9.97. The van der Waals surface area contributed by atoms with Crippen molar-refractivity contribution < 1.29 is 0 Å². The summed E-state index contributed by atoms with van der Waals surface area (Å²) < 4.78 is 2.12. The Morgan fingerprint density at radius 3 is 3.15 bits per heavy atom. The predicted octanol–water partition coefficient (Wildman–Crippen LogP) is 2.55. The molecule has 0 saturated carbocycles. The number of halogens is 1. The van der Waals surface area contributed by atoms with Crippen LogP contribution in [0.3, 0.4) is 0 Å². The highest BCUT2D eigenvalue weighted by Gasteiger charge is 2.21. The standard InChI is InChI=1S/C9H13ClN2S/c1-6-2-3-12-8(4-6)7(5-13)11-9(12)10/h6,13H,2-5H2,1H3. The van der Waals surface area contributed by atoms with Gasteiger partial charge >= 0.3 is 0 Å². The molecule has 1 aliphatic rings. The van der Waals surface area contributed by atoms with Crippen molar-refractivity contribution in [3.05, 3.63) is 16.7 Å². The van der Waals surface area contributed by atoms with E-state index in [9.17, 15) is 0 Å². The SMILES string of the molecule is CC1CCn2c(Cl)nc(CS)c2C1. The fourth-order valence-corrected chi connectivity index (χ4v) is 2.41. The second-order valence-corrected chi connectivity index (χ2v) is 4.34. The minimum Gasteiger partial charge on any atom is -0.319 e. The first kappa shape index (κ1) is 9.41. The molecule has 2 heterocycles. The molecule has 0 saturated heterocycles. The Kier molecular flexibility index (Phi) is 2.56. The van der Waals surface area contributed by atoms with Crippen LogP contribution in [-0.4, -0.2) is 9.55 Å². The number of imidazole rings is 1. The predicted molar refractivity (Wildman–Crippen MR) is 57.4 cm³/mol. The van der Waals surface area contributed by atoms with Crippen molar-refractivity contribution in [1.82, 2.24) is 9.55 Å². The topological polar surface area (TPSA) is 17.8 Å². The number of hydrogen-bond donors (Lipinski definition) is 1. The normalized spacial score (nSPS) is 21.6. The Morgan fingerprint density at radius 1 is 1.69 bits per heavy atom. The average Bonchev–Trinajstić information content (AvgIpc) is 2.42. The lowest BCUT2D eigenvalue weighted by Crippen LogP contribution is -2.17. The van der Waals surface area contributed by atoms with Gasteiger partial charge in [-0.05, 0) is 30.4 Å². The monoisotopic (exact) mass is 216 g/mol. The fraction of sp³-hybridized carbons (Fsp3) is 0.667. The smallest absolute Gasteiger partial charge is 0.203 e. The maximum atomic E-state index is 6.01. The summed E-state index contributed by atoms with van der Waals surface area (Å²) >= 11 is 10.3. The molecule has 0 amide bonds. The van der Waals surface area contributed by atoms with E-state index in [2.05, 4.69) is 29.1 Å². The van der Waals surface area contributed by atoms with Crippen LogP contribution in [0, 0.1) is 5.92 Å². The van der Waals surface area contributed by atoms with Crippen LogP contribution in [-0.2, 0) is 18.7 Å². The van der Waals surface area contributed by atoms with Gasteiger partial charge in [0.2, 0.25) is 5.28 Å². The Hall–Kier alpha value is -0.150. The second kappa shape index (κ2) is 3.54. The highest BCUT2D eigenvalue weighted by atomic mass is 35.5. The van der Waals surface area contributed by atoms with Gasteiger partial charge in [0.1, 0.15) is 0 Å². The van der Waals surface area contributed by atoms with Crippen molar-refractivity contribution in [1.29, 1.82) is 0 Å². The van der Waals surface area contributed by atoms with Crippen LogP contribution >= 0.6 is 24.2 Å². The Bertz CT molecular complexity index is 322. The molecule has 1 aromatic rings. The average molecular weight is 217 g/mol. The van der Waals surface area contributed by atoms with Gasteiger partial charge in [0, 0.05) is 18.0 Å². The summed E-state index contributed by atoms with van der Waals surface area (Å²) in [7, 11) is 0. The summed E-state index contributed by atoms with van der Waals surface area (Å²) in [6.45, 7) is 3.28. The maximum absolute atomic E-state index is 6.01. The van der Waals surface area contributed by atoms with Crippen LogP contribution in [0.4, 0.5) is 0 Å². The maximum Gasteiger partial charge on any atom is 0.203 e. The van der Waals surface area contributed by atoms with Gasteiger partial charge in [-0.2, -0.15) is 12.6 Å². The summed E-state index contributed by atoms with van der Waals surface area (Å²) in [5, 5.41) is 0.631. The molecule has 2 nitrogen and oxygen atoms in total. The Balaban J connectivity index is 2.43. The molecule has 2 rings (SSSR count). The first-order chi connectivity index (χ1) is 6.22. The van der Waals surface area contributed by atoms with Gasteiger partial charge in [-0.1, -0.05) is 6.92 Å². The molecule has 0 fully saturated rings. The van der Waals surface area contributed by atoms with Crippen molar-refractivity contribution in [3.63, 3.8) is 0 Å². The molecule has 1 unspecified atom stereocenters. The molecule has 1 aromatic heterocycles. The highest BCUT2D eigenvalue weighted by molar-refractivity contribution is 7.79. The summed E-state index contributed by atoms with van der Waals surface area (Å²) in [6.07, 6.45) is 2.30. The van der Waals surface area contributed by atoms with E-state index in [4.69, 9.17) is 11.6 Å². The van der Waals surface area contributed by atoms with Gasteiger partial charge in [0.15, 0.2) is 0 Å². The quantitative estimate of drug-likeness (QED) is 0.715. The number of fused-ring (bicyclic) bond motifs is 1. The van der Waals surface area contributed by atoms with Crippen molar-refractivity contribution in [2.45, 2.75) is 32.1 Å². The summed E-state index contributed by atoms with van der Waals surface area (Å²) in [4.78, 5) is 4.30. The first-order valence-corrected chi connectivity index (χ1v) is 5.58. The van der Waals surface area contributed by atoms with Crippen LogP contribution in [0.25, 0.3) is 0 Å². The van der Waals surface area contributed by atoms with Crippen LogP contribution in [0.15, 0.2) is 0 Å². The molecular weight excluding hydrogens is 204 g/mol. The molecule has 4 heteroatoms. The zero-order valence-electron chi connectivity index (χ0n) is 7.63. The summed E-state index contributed by atoms with van der Waals surface area (Å²) in [6, 6.07) is 0. The van der Waals surface area contributed by atoms with Crippen LogP contribution in [0.5, 0.6) is 0 Å². The third kappa shape index (κ3) is 1.59. The van der Waals surface area contributed by atoms with E-state index in [1.807, 2.05) is 0 Å². The number of hydrogen-bond acceptors (Lipinski definition) is 2. The van der Waals surface area contributed by atoms with Crippen molar-refractivity contribution in [2.75, 3.05) is 0 Å². The Labute approximate surface area is 88.7 Å². The van der Waals surface area contributed by atoms with Crippen LogP contribution in [0.1, 0.15) is 24.7 Å². The number of rotatable bonds is 1. The minimum atomic E-state index is 0.631. The van der Waals surface area contributed by atoms with E-state index >= 15 is 0 Å². The van der Waals surface area contributed by atoms with E-state index in [0.717, 1.165) is 24.6 Å². The lowest BCUT2D eigenvalue weighted by Gasteiger charge is -2.21.